The Bertz CT molecular complexity index is 2080. The van der Waals surface area contributed by atoms with Gasteiger partial charge < -0.3 is 35.1 Å². The molecule has 6 rings (SSSR count). The number of ether oxygens (including phenoxy) is 3. The van der Waals surface area contributed by atoms with E-state index in [1.54, 1.807) is 60.7 Å². The molecule has 12 heteroatoms. The highest BCUT2D eigenvalue weighted by molar-refractivity contribution is 6.09. The van der Waals surface area contributed by atoms with E-state index in [0.29, 0.717) is 45.7 Å². The van der Waals surface area contributed by atoms with Crippen molar-refractivity contribution >= 4 is 29.3 Å². The van der Waals surface area contributed by atoms with Gasteiger partial charge in [-0.3, -0.25) is 14.4 Å². The van der Waals surface area contributed by atoms with E-state index in [9.17, 15) is 34.7 Å². The van der Waals surface area contributed by atoms with Gasteiger partial charge >= 0.3 is 5.97 Å². The molecule has 4 aromatic rings. The van der Waals surface area contributed by atoms with Crippen LogP contribution in [0.2, 0.25) is 0 Å². The Balaban J connectivity index is 1.02. The first kappa shape index (κ1) is 34.1. The Kier molecular flexibility index (Phi) is 9.60. The number of phenols is 2. The maximum atomic E-state index is 13.3. The lowest BCUT2D eigenvalue weighted by Gasteiger charge is -2.36. The molecular formula is C39H31N3O9. The number of terminal acetylenes is 1. The van der Waals surface area contributed by atoms with Crippen molar-refractivity contribution in [2.24, 2.45) is 5.92 Å². The topological polar surface area (TPSA) is 184 Å². The Labute approximate surface area is 292 Å². The molecule has 2 aliphatic rings. The number of carbonyl (C=O) groups excluding carboxylic acids is 4. The molecule has 2 heterocycles. The number of phenolic OH excluding ortho intramolecular Hbond substituents is 2. The number of ketones is 1. The molecule has 1 spiro atoms. The first-order valence-corrected chi connectivity index (χ1v) is 16.0. The van der Waals surface area contributed by atoms with E-state index >= 15 is 0 Å². The van der Waals surface area contributed by atoms with Crippen LogP contribution in [0.5, 0.6) is 28.7 Å². The van der Waals surface area contributed by atoms with Crippen LogP contribution in [0.1, 0.15) is 58.3 Å². The Hall–Kier alpha value is -6.79. The van der Waals surface area contributed by atoms with Gasteiger partial charge in [0.1, 0.15) is 28.7 Å². The van der Waals surface area contributed by atoms with Crippen molar-refractivity contribution in [2.75, 3.05) is 11.9 Å². The molecule has 2 amide bonds. The van der Waals surface area contributed by atoms with Gasteiger partial charge in [-0.2, -0.15) is 5.26 Å². The number of nitriles is 1. The first-order chi connectivity index (χ1) is 24.6. The van der Waals surface area contributed by atoms with Crippen LogP contribution in [-0.4, -0.2) is 40.4 Å². The zero-order chi connectivity index (χ0) is 36.1. The van der Waals surface area contributed by atoms with Crippen LogP contribution >= 0.6 is 0 Å². The lowest BCUT2D eigenvalue weighted by molar-refractivity contribution is -0.129. The zero-order valence-corrected chi connectivity index (χ0v) is 27.1. The van der Waals surface area contributed by atoms with E-state index in [1.807, 2.05) is 0 Å². The second-order valence-electron chi connectivity index (χ2n) is 11.9. The summed E-state index contributed by atoms with van der Waals surface area (Å²) in [6.45, 7) is 0.412. The summed E-state index contributed by atoms with van der Waals surface area (Å²) < 4.78 is 17.8. The van der Waals surface area contributed by atoms with Gasteiger partial charge in [0.25, 0.3) is 0 Å². The number of fused-ring (bicyclic) bond motifs is 6. The largest absolute Gasteiger partial charge is 0.508 e. The monoisotopic (exact) mass is 685 g/mol. The van der Waals surface area contributed by atoms with E-state index in [1.165, 1.54) is 24.3 Å². The van der Waals surface area contributed by atoms with Gasteiger partial charge in [0, 0.05) is 60.3 Å². The molecular weight excluding hydrogens is 654 g/mol. The molecule has 0 bridgehead atoms. The quantitative estimate of drug-likeness (QED) is 0.0669. The number of nitrogens with one attached hydrogen (secondary N) is 2. The number of esters is 1. The van der Waals surface area contributed by atoms with Gasteiger partial charge in [0.05, 0.1) is 18.2 Å². The van der Waals surface area contributed by atoms with Crippen LogP contribution in [0.4, 0.5) is 5.69 Å². The summed E-state index contributed by atoms with van der Waals surface area (Å²) in [5.41, 5.74) is 1.62. The summed E-state index contributed by atoms with van der Waals surface area (Å²) in [6, 6.07) is 22.4. The fourth-order valence-electron chi connectivity index (χ4n) is 6.04. The highest BCUT2D eigenvalue weighted by atomic mass is 16.6. The van der Waals surface area contributed by atoms with Gasteiger partial charge in [0.15, 0.2) is 17.3 Å². The van der Waals surface area contributed by atoms with Crippen LogP contribution in [0.15, 0.2) is 78.9 Å². The fourth-order valence-corrected chi connectivity index (χ4v) is 6.04. The molecule has 4 aromatic carbocycles. The Morgan fingerprint density at radius 3 is 2.22 bits per heavy atom. The molecule has 4 N–H and O–H groups in total. The SMILES string of the molecule is C#CCCC(=O)C(C#N)C(=O)Nc1ccc(OCCCC(=O)NCc2ccc3c(c2)C(=O)OC32c3ccc(O)cc3Oc3cc(O)ccc32)cc1. The minimum absolute atomic E-state index is 0.0359. The minimum atomic E-state index is -1.45. The molecule has 0 radical (unpaired) electrons. The van der Waals surface area contributed by atoms with Crippen LogP contribution in [0.3, 0.4) is 0 Å². The van der Waals surface area contributed by atoms with Crippen molar-refractivity contribution in [2.45, 2.75) is 37.8 Å². The van der Waals surface area contributed by atoms with Gasteiger partial charge in [-0.15, -0.1) is 12.3 Å². The summed E-state index contributed by atoms with van der Waals surface area (Å²) in [5.74, 6) is -0.197. The van der Waals surface area contributed by atoms with Crippen molar-refractivity contribution in [3.05, 3.63) is 107 Å². The summed E-state index contributed by atoms with van der Waals surface area (Å²) in [5, 5.41) is 34.8. The fraction of sp³-hybridized carbons (Fsp3) is 0.205. The van der Waals surface area contributed by atoms with Crippen LogP contribution in [0.25, 0.3) is 0 Å². The average Bonchev–Trinajstić information content (AvgIpc) is 3.40. The van der Waals surface area contributed by atoms with Gasteiger partial charge in [0.2, 0.25) is 11.8 Å². The molecule has 0 saturated heterocycles. The number of Topliss-reactive ketones (excluding diaryl/α,β-unsaturated/α-hetero) is 1. The molecule has 256 valence electrons. The number of amides is 2. The van der Waals surface area contributed by atoms with Crippen LogP contribution in [-0.2, 0) is 31.3 Å². The number of benzene rings is 4. The molecule has 12 nitrogen and oxygen atoms in total. The Morgan fingerprint density at radius 1 is 0.902 bits per heavy atom. The highest BCUT2D eigenvalue weighted by Crippen LogP contribution is 2.57. The minimum Gasteiger partial charge on any atom is -0.508 e. The number of hydrogen-bond acceptors (Lipinski definition) is 10. The number of carbonyl (C=O) groups is 4. The second-order valence-corrected chi connectivity index (χ2v) is 11.9. The normalized spacial score (nSPS) is 13.6. The van der Waals surface area contributed by atoms with Crippen molar-refractivity contribution in [3.63, 3.8) is 0 Å². The van der Waals surface area contributed by atoms with E-state index in [4.69, 9.17) is 20.6 Å². The molecule has 51 heavy (non-hydrogen) atoms. The van der Waals surface area contributed by atoms with E-state index in [-0.39, 0.29) is 61.3 Å². The predicted octanol–water partition coefficient (Wildman–Crippen LogP) is 5.20. The van der Waals surface area contributed by atoms with Crippen molar-refractivity contribution < 1.29 is 43.6 Å². The van der Waals surface area contributed by atoms with Gasteiger partial charge in [-0.25, -0.2) is 4.79 Å². The molecule has 0 saturated carbocycles. The summed E-state index contributed by atoms with van der Waals surface area (Å²) in [6.07, 6.45) is 5.84. The predicted molar refractivity (Wildman–Crippen MR) is 182 cm³/mol. The highest BCUT2D eigenvalue weighted by Gasteiger charge is 2.53. The summed E-state index contributed by atoms with van der Waals surface area (Å²) in [7, 11) is 0. The number of aromatic hydroxyl groups is 2. The lowest BCUT2D eigenvalue weighted by Crippen LogP contribution is -2.32. The maximum absolute atomic E-state index is 13.3. The van der Waals surface area contributed by atoms with Gasteiger partial charge in [-0.1, -0.05) is 12.1 Å². The number of anilines is 1. The van der Waals surface area contributed by atoms with Crippen LogP contribution in [0, 0.1) is 29.6 Å². The third kappa shape index (κ3) is 6.89. The maximum Gasteiger partial charge on any atom is 0.340 e. The summed E-state index contributed by atoms with van der Waals surface area (Å²) in [4.78, 5) is 50.4. The lowest BCUT2D eigenvalue weighted by atomic mass is 9.77. The zero-order valence-electron chi connectivity index (χ0n) is 27.1. The average molecular weight is 686 g/mol. The van der Waals surface area contributed by atoms with E-state index < -0.39 is 29.2 Å². The molecule has 0 aromatic heterocycles. The third-order valence-corrected chi connectivity index (χ3v) is 8.50. The third-order valence-electron chi connectivity index (χ3n) is 8.50. The van der Waals surface area contributed by atoms with E-state index in [2.05, 4.69) is 16.6 Å². The van der Waals surface area contributed by atoms with Crippen LogP contribution < -0.4 is 20.1 Å². The first-order valence-electron chi connectivity index (χ1n) is 16.0. The molecule has 1 atom stereocenters. The molecule has 1 unspecified atom stereocenters. The van der Waals surface area contributed by atoms with Crippen molar-refractivity contribution in [3.8, 4) is 47.2 Å². The molecule has 0 aliphatic carbocycles. The van der Waals surface area contributed by atoms with Crippen molar-refractivity contribution in [1.29, 1.82) is 5.26 Å². The number of hydrogen-bond donors (Lipinski definition) is 4. The van der Waals surface area contributed by atoms with Crippen molar-refractivity contribution in [1.82, 2.24) is 5.32 Å². The van der Waals surface area contributed by atoms with Gasteiger partial charge in [-0.05, 0) is 66.6 Å². The van der Waals surface area contributed by atoms with E-state index in [0.717, 1.165) is 0 Å². The molecule has 2 aliphatic heterocycles. The second kappa shape index (κ2) is 14.4. The summed E-state index contributed by atoms with van der Waals surface area (Å²) >= 11 is 0. The Morgan fingerprint density at radius 2 is 1.57 bits per heavy atom. The number of nitrogens with zero attached hydrogens (tertiary/aromatic N) is 1. The standard InChI is InChI=1S/C39H31N3O9/c1-2-3-5-33(45)29(21-40)37(47)42-24-8-12-27(13-9-24)49-17-4-6-36(46)41-22-23-7-14-30-28(18-23)38(48)51-39(30)31-15-10-25(43)19-34(31)50-35-20-26(44)11-16-32(35)39/h1,7-16,18-20,29,43-44H,3-6,17,22H2,(H,41,46)(H,42,47). The molecule has 0 fully saturated rings. The smallest absolute Gasteiger partial charge is 0.340 e. The number of rotatable bonds is 12.